The number of piperazine rings is 1. The van der Waals surface area contributed by atoms with Gasteiger partial charge in [0.25, 0.3) is 11.5 Å². The average Bonchev–Trinajstić information content (AvgIpc) is 3.40. The first-order chi connectivity index (χ1) is 13.5. The van der Waals surface area contributed by atoms with Crippen molar-refractivity contribution in [3.8, 4) is 0 Å². The lowest BCUT2D eigenvalue weighted by molar-refractivity contribution is 0.0949. The Kier molecular flexibility index (Phi) is 4.30. The fraction of sp³-hybridized carbons (Fsp3) is 0.421. The highest BCUT2D eigenvalue weighted by atomic mass is 32.1. The summed E-state index contributed by atoms with van der Waals surface area (Å²) in [6, 6.07) is 4.57. The summed E-state index contributed by atoms with van der Waals surface area (Å²) in [5.74, 6) is -0.384. The van der Waals surface area contributed by atoms with Crippen LogP contribution < -0.4 is 16.2 Å². The van der Waals surface area contributed by atoms with E-state index in [2.05, 4.69) is 25.5 Å². The minimum Gasteiger partial charge on any atom is -0.346 e. The van der Waals surface area contributed by atoms with Crippen LogP contribution in [0.5, 0.6) is 0 Å². The Morgan fingerprint density at radius 3 is 3.00 bits per heavy atom. The Morgan fingerprint density at radius 2 is 2.29 bits per heavy atom. The van der Waals surface area contributed by atoms with Gasteiger partial charge in [-0.2, -0.15) is 0 Å². The minimum atomic E-state index is -0.384. The zero-order valence-electron chi connectivity index (χ0n) is 15.6. The van der Waals surface area contributed by atoms with Gasteiger partial charge in [-0.15, -0.1) is 11.3 Å². The van der Waals surface area contributed by atoms with Crippen LogP contribution in [0.3, 0.4) is 0 Å². The molecule has 28 heavy (non-hydrogen) atoms. The van der Waals surface area contributed by atoms with E-state index in [-0.39, 0.29) is 23.6 Å². The number of hydrogen-bond donors (Lipinski definition) is 3. The van der Waals surface area contributed by atoms with Crippen molar-refractivity contribution in [1.82, 2.24) is 29.9 Å². The van der Waals surface area contributed by atoms with Gasteiger partial charge in [-0.05, 0) is 25.5 Å². The van der Waals surface area contributed by atoms with Gasteiger partial charge in [-0.1, -0.05) is 0 Å². The first-order valence-corrected chi connectivity index (χ1v) is 10.3. The van der Waals surface area contributed by atoms with Gasteiger partial charge in [0.1, 0.15) is 5.56 Å². The van der Waals surface area contributed by atoms with E-state index >= 15 is 0 Å². The monoisotopic (exact) mass is 398 g/mol. The maximum Gasteiger partial charge on any atom is 0.261 e. The number of imidazole rings is 1. The molecular weight excluding hydrogens is 376 g/mol. The molecule has 3 N–H and O–H groups in total. The van der Waals surface area contributed by atoms with Gasteiger partial charge in [0.15, 0.2) is 4.96 Å². The lowest BCUT2D eigenvalue weighted by Crippen LogP contribution is -2.43. The molecule has 0 spiro atoms. The first-order valence-electron chi connectivity index (χ1n) is 9.47. The molecule has 2 saturated heterocycles. The number of pyridine rings is 1. The summed E-state index contributed by atoms with van der Waals surface area (Å²) in [6.07, 6.45) is 5.07. The molecule has 0 aliphatic carbocycles. The van der Waals surface area contributed by atoms with Crippen LogP contribution in [-0.2, 0) is 13.1 Å². The van der Waals surface area contributed by atoms with Crippen molar-refractivity contribution in [2.24, 2.45) is 0 Å². The molecular formula is C19H22N6O2S. The van der Waals surface area contributed by atoms with Crippen molar-refractivity contribution in [3.05, 3.63) is 56.7 Å². The first kappa shape index (κ1) is 17.6. The number of H-pyrrole nitrogens is 1. The van der Waals surface area contributed by atoms with Crippen LogP contribution in [0.4, 0.5) is 0 Å². The molecule has 2 aliphatic rings. The Hall–Kier alpha value is -2.49. The van der Waals surface area contributed by atoms with Gasteiger partial charge in [-0.25, -0.2) is 4.98 Å². The van der Waals surface area contributed by atoms with E-state index in [4.69, 9.17) is 0 Å². The van der Waals surface area contributed by atoms with Gasteiger partial charge in [0.05, 0.1) is 12.2 Å². The zero-order valence-corrected chi connectivity index (χ0v) is 16.4. The molecule has 8 nitrogen and oxygen atoms in total. The zero-order chi connectivity index (χ0) is 19.3. The van der Waals surface area contributed by atoms with Crippen molar-refractivity contribution in [1.29, 1.82) is 0 Å². The second kappa shape index (κ2) is 6.84. The molecule has 3 aromatic rings. The van der Waals surface area contributed by atoms with Gasteiger partial charge in [0, 0.05) is 54.7 Å². The summed E-state index contributed by atoms with van der Waals surface area (Å²) in [4.78, 5) is 36.6. The van der Waals surface area contributed by atoms with Crippen molar-refractivity contribution in [2.45, 2.75) is 38.5 Å². The number of aromatic amines is 1. The minimum absolute atomic E-state index is 0.130. The predicted molar refractivity (Wildman–Crippen MR) is 107 cm³/mol. The fourth-order valence-corrected chi connectivity index (χ4v) is 4.98. The molecule has 2 fully saturated rings. The van der Waals surface area contributed by atoms with Crippen molar-refractivity contribution in [3.63, 3.8) is 0 Å². The topological polar surface area (TPSA) is 94.5 Å². The number of nitrogens with zero attached hydrogens (tertiary/aromatic N) is 3. The van der Waals surface area contributed by atoms with Crippen molar-refractivity contribution < 1.29 is 4.79 Å². The molecule has 5 heterocycles. The quantitative estimate of drug-likeness (QED) is 0.593. The average molecular weight is 398 g/mol. The highest BCUT2D eigenvalue weighted by molar-refractivity contribution is 7.16. The van der Waals surface area contributed by atoms with E-state index in [1.165, 1.54) is 11.3 Å². The number of nitrogens with one attached hydrogen (secondary N) is 3. The summed E-state index contributed by atoms with van der Waals surface area (Å²) < 4.78 is 1.95. The standard InChI is InChI=1S/C19H22N6O2S/c1-11-7-25-10-14(23-19(25)28-11)5-21-17(26)16-3-2-12(22-18(16)27)8-24-9-13-4-15(24)6-20-13/h2-3,7,10,13,15,20H,4-6,8-9H2,1H3,(H,21,26)(H,22,27)/t13-,15-/m0/s1. The molecule has 1 amide bonds. The molecule has 0 saturated carbocycles. The Labute approximate surface area is 165 Å². The number of aromatic nitrogens is 3. The number of rotatable bonds is 5. The van der Waals surface area contributed by atoms with E-state index in [1.54, 1.807) is 17.4 Å². The number of amides is 1. The Balaban J connectivity index is 1.23. The fourth-order valence-electron chi connectivity index (χ4n) is 4.16. The lowest BCUT2D eigenvalue weighted by Gasteiger charge is -2.26. The third-order valence-corrected chi connectivity index (χ3v) is 6.42. The number of carbonyl (C=O) groups is 1. The summed E-state index contributed by atoms with van der Waals surface area (Å²) >= 11 is 1.60. The maximum atomic E-state index is 12.4. The second-order valence-corrected chi connectivity index (χ2v) is 8.81. The van der Waals surface area contributed by atoms with Crippen LogP contribution in [0, 0.1) is 6.92 Å². The molecule has 146 valence electrons. The lowest BCUT2D eigenvalue weighted by atomic mass is 10.2. The summed E-state index contributed by atoms with van der Waals surface area (Å²) in [6.45, 7) is 5.06. The molecule has 2 bridgehead atoms. The van der Waals surface area contributed by atoms with E-state index in [0.717, 1.165) is 29.4 Å². The number of carbonyl (C=O) groups excluding carboxylic acids is 1. The Morgan fingerprint density at radius 1 is 1.39 bits per heavy atom. The molecule has 0 aromatic carbocycles. The van der Waals surface area contributed by atoms with Crippen LogP contribution in [-0.4, -0.2) is 50.3 Å². The molecule has 2 atom stereocenters. The van der Waals surface area contributed by atoms with Crippen molar-refractivity contribution in [2.75, 3.05) is 13.1 Å². The predicted octanol–water partition coefficient (Wildman–Crippen LogP) is 0.869. The molecule has 9 heteroatoms. The summed E-state index contributed by atoms with van der Waals surface area (Å²) in [5, 5.41) is 6.26. The molecule has 5 rings (SSSR count). The summed E-state index contributed by atoms with van der Waals surface area (Å²) in [5.41, 5.74) is 1.40. The van der Waals surface area contributed by atoms with Crippen LogP contribution in [0.1, 0.15) is 33.0 Å². The van der Waals surface area contributed by atoms with E-state index < -0.39 is 0 Å². The van der Waals surface area contributed by atoms with Gasteiger partial charge in [-0.3, -0.25) is 18.9 Å². The second-order valence-electron chi connectivity index (χ2n) is 7.60. The summed E-state index contributed by atoms with van der Waals surface area (Å²) in [7, 11) is 0. The number of hydrogen-bond acceptors (Lipinski definition) is 6. The molecule has 0 radical (unpaired) electrons. The van der Waals surface area contributed by atoms with E-state index in [0.29, 0.717) is 18.6 Å². The van der Waals surface area contributed by atoms with Crippen LogP contribution in [0.2, 0.25) is 0 Å². The number of likely N-dealkylation sites (tertiary alicyclic amines) is 1. The molecule has 2 aliphatic heterocycles. The third-order valence-electron chi connectivity index (χ3n) is 5.51. The normalized spacial score (nSPS) is 21.6. The van der Waals surface area contributed by atoms with Crippen molar-refractivity contribution >= 4 is 22.2 Å². The van der Waals surface area contributed by atoms with E-state index in [1.807, 2.05) is 29.8 Å². The number of aryl methyl sites for hydroxylation is 1. The highest BCUT2D eigenvalue weighted by Crippen LogP contribution is 2.24. The van der Waals surface area contributed by atoms with Gasteiger partial charge in [0.2, 0.25) is 0 Å². The molecule has 3 aromatic heterocycles. The van der Waals surface area contributed by atoms with E-state index in [9.17, 15) is 9.59 Å². The maximum absolute atomic E-state index is 12.4. The number of fused-ring (bicyclic) bond motifs is 3. The third kappa shape index (κ3) is 3.25. The van der Waals surface area contributed by atoms with Gasteiger partial charge >= 0.3 is 0 Å². The Bertz CT molecular complexity index is 1070. The SMILES string of the molecule is Cc1cn2cc(CNC(=O)c3ccc(CN4C[C@@H]5C[C@H]4CN5)[nH]c3=O)nc2s1. The number of thiazole rings is 1. The van der Waals surface area contributed by atoms with Gasteiger partial charge < -0.3 is 15.6 Å². The van der Waals surface area contributed by atoms with Crippen LogP contribution in [0.25, 0.3) is 4.96 Å². The molecule has 0 unspecified atom stereocenters. The largest absolute Gasteiger partial charge is 0.346 e. The smallest absolute Gasteiger partial charge is 0.261 e. The highest BCUT2D eigenvalue weighted by Gasteiger charge is 2.37. The van der Waals surface area contributed by atoms with Crippen LogP contribution >= 0.6 is 11.3 Å². The van der Waals surface area contributed by atoms with Crippen LogP contribution in [0.15, 0.2) is 29.3 Å².